The van der Waals surface area contributed by atoms with E-state index in [0.29, 0.717) is 0 Å². The molecule has 0 saturated heterocycles. The lowest BCUT2D eigenvalue weighted by Crippen LogP contribution is -1.92. The van der Waals surface area contributed by atoms with Gasteiger partial charge < -0.3 is 0 Å². The molecular formula is C15H28OS. The largest absolute Gasteiger partial charge is 0.282 e. The van der Waals surface area contributed by atoms with Gasteiger partial charge in [-0.1, -0.05) is 70.2 Å². The van der Waals surface area contributed by atoms with Crippen molar-refractivity contribution in [2.45, 2.75) is 72.1 Å². The van der Waals surface area contributed by atoms with Crippen LogP contribution in [0.15, 0.2) is 11.6 Å². The van der Waals surface area contributed by atoms with E-state index < -0.39 is 0 Å². The molecule has 100 valence electrons. The third-order valence-electron chi connectivity index (χ3n) is 2.97. The van der Waals surface area contributed by atoms with Gasteiger partial charge in [0.25, 0.3) is 0 Å². The Labute approximate surface area is 111 Å². The van der Waals surface area contributed by atoms with E-state index in [1.54, 1.807) is 0 Å². The van der Waals surface area contributed by atoms with Gasteiger partial charge >= 0.3 is 0 Å². The summed E-state index contributed by atoms with van der Waals surface area (Å²) in [5, 5.41) is 0.247. The number of hydrogen-bond donors (Lipinski definition) is 0. The van der Waals surface area contributed by atoms with E-state index >= 15 is 0 Å². The van der Waals surface area contributed by atoms with Gasteiger partial charge in [-0.25, -0.2) is 0 Å². The van der Waals surface area contributed by atoms with Crippen molar-refractivity contribution in [1.29, 1.82) is 0 Å². The monoisotopic (exact) mass is 256 g/mol. The highest BCUT2D eigenvalue weighted by Gasteiger charge is 2.00. The van der Waals surface area contributed by atoms with Gasteiger partial charge in [0.05, 0.1) is 0 Å². The second-order valence-electron chi connectivity index (χ2n) is 4.44. The molecule has 0 aliphatic heterocycles. The van der Waals surface area contributed by atoms with Gasteiger partial charge in [-0.3, -0.25) is 4.79 Å². The normalized spacial score (nSPS) is 10.3. The third kappa shape index (κ3) is 10.6. The molecular weight excluding hydrogens is 228 g/mol. The quantitative estimate of drug-likeness (QED) is 0.387. The summed E-state index contributed by atoms with van der Waals surface area (Å²) >= 11 is 1.48. The summed E-state index contributed by atoms with van der Waals surface area (Å²) in [5.74, 6) is 0.988. The zero-order valence-corrected chi connectivity index (χ0v) is 12.6. The first-order chi connectivity index (χ1) is 8.24. The van der Waals surface area contributed by atoms with E-state index in [2.05, 4.69) is 20.8 Å². The maximum absolute atomic E-state index is 11.6. The first-order valence-corrected chi connectivity index (χ1v) is 8.09. The molecule has 0 N–H and O–H groups in total. The zero-order chi connectivity index (χ0) is 12.9. The highest BCUT2D eigenvalue weighted by molar-refractivity contribution is 8.14. The maximum atomic E-state index is 11.6. The summed E-state index contributed by atoms with van der Waals surface area (Å²) in [5.41, 5.74) is 1.27. The van der Waals surface area contributed by atoms with Crippen molar-refractivity contribution in [2.75, 3.05) is 5.75 Å². The van der Waals surface area contributed by atoms with Crippen molar-refractivity contribution in [3.63, 3.8) is 0 Å². The number of carbonyl (C=O) groups is 1. The summed E-state index contributed by atoms with van der Waals surface area (Å²) in [4.78, 5) is 11.6. The van der Waals surface area contributed by atoms with Gasteiger partial charge in [0.2, 0.25) is 5.12 Å². The Hall–Kier alpha value is -0.240. The second-order valence-corrected chi connectivity index (χ2v) is 5.54. The number of unbranched alkanes of at least 4 members (excludes halogenated alkanes) is 5. The molecule has 0 atom stereocenters. The van der Waals surface area contributed by atoms with Gasteiger partial charge in [-0.2, -0.15) is 0 Å². The van der Waals surface area contributed by atoms with Crippen molar-refractivity contribution >= 4 is 16.9 Å². The van der Waals surface area contributed by atoms with Gasteiger partial charge in [-0.15, -0.1) is 0 Å². The molecule has 0 aromatic heterocycles. The van der Waals surface area contributed by atoms with Crippen LogP contribution in [0.3, 0.4) is 0 Å². The van der Waals surface area contributed by atoms with Crippen molar-refractivity contribution in [3.8, 4) is 0 Å². The SMILES string of the molecule is CCCCCCCCSC(=O)C=C(CC)CC. The van der Waals surface area contributed by atoms with E-state index in [9.17, 15) is 4.79 Å². The molecule has 0 aromatic carbocycles. The fourth-order valence-corrected chi connectivity index (χ4v) is 2.52. The molecule has 2 heteroatoms. The summed E-state index contributed by atoms with van der Waals surface area (Å²) < 4.78 is 0. The van der Waals surface area contributed by atoms with Crippen LogP contribution in [0.2, 0.25) is 0 Å². The first kappa shape index (κ1) is 16.8. The van der Waals surface area contributed by atoms with Crippen molar-refractivity contribution < 1.29 is 4.79 Å². The van der Waals surface area contributed by atoms with Crippen LogP contribution in [0.25, 0.3) is 0 Å². The lowest BCUT2D eigenvalue weighted by atomic mass is 10.1. The van der Waals surface area contributed by atoms with E-state index in [-0.39, 0.29) is 5.12 Å². The molecule has 0 heterocycles. The fraction of sp³-hybridized carbons (Fsp3) is 0.800. The lowest BCUT2D eigenvalue weighted by molar-refractivity contribution is -0.107. The molecule has 0 bridgehead atoms. The van der Waals surface area contributed by atoms with Crippen molar-refractivity contribution in [1.82, 2.24) is 0 Å². The highest BCUT2D eigenvalue weighted by Crippen LogP contribution is 2.13. The summed E-state index contributed by atoms with van der Waals surface area (Å²) in [6.45, 7) is 6.46. The molecule has 1 nitrogen and oxygen atoms in total. The van der Waals surface area contributed by atoms with E-state index in [0.717, 1.165) is 18.6 Å². The van der Waals surface area contributed by atoms with Crippen molar-refractivity contribution in [2.24, 2.45) is 0 Å². The molecule has 0 saturated carbocycles. The molecule has 0 aliphatic rings. The highest BCUT2D eigenvalue weighted by atomic mass is 32.2. The average molecular weight is 256 g/mol. The summed E-state index contributed by atoms with van der Waals surface area (Å²) in [7, 11) is 0. The van der Waals surface area contributed by atoms with Gasteiger partial charge in [0.1, 0.15) is 0 Å². The predicted molar refractivity (Wildman–Crippen MR) is 79.5 cm³/mol. The average Bonchev–Trinajstić information content (AvgIpc) is 2.34. The molecule has 0 spiro atoms. The Morgan fingerprint density at radius 2 is 1.53 bits per heavy atom. The summed E-state index contributed by atoms with van der Waals surface area (Å²) in [6, 6.07) is 0. The van der Waals surface area contributed by atoms with E-state index in [1.807, 2.05) is 6.08 Å². The standard InChI is InChI=1S/C15H28OS/c1-4-7-8-9-10-11-12-17-15(16)13-14(5-2)6-3/h13H,4-12H2,1-3H3. The van der Waals surface area contributed by atoms with Crippen LogP contribution in [0, 0.1) is 0 Å². The van der Waals surface area contributed by atoms with E-state index in [1.165, 1.54) is 55.9 Å². The van der Waals surface area contributed by atoms with Crippen molar-refractivity contribution in [3.05, 3.63) is 11.6 Å². The zero-order valence-electron chi connectivity index (χ0n) is 11.8. The minimum atomic E-state index is 0.247. The Morgan fingerprint density at radius 1 is 0.941 bits per heavy atom. The Morgan fingerprint density at radius 3 is 2.12 bits per heavy atom. The van der Waals surface area contributed by atoms with Gasteiger partial charge in [-0.05, 0) is 25.3 Å². The Balaban J connectivity index is 3.48. The minimum absolute atomic E-state index is 0.247. The van der Waals surface area contributed by atoms with E-state index in [4.69, 9.17) is 0 Å². The molecule has 0 unspecified atom stereocenters. The molecule has 0 aromatic rings. The molecule has 0 aliphatic carbocycles. The fourth-order valence-electron chi connectivity index (χ4n) is 1.72. The second kappa shape index (κ2) is 12.2. The smallest absolute Gasteiger partial charge is 0.212 e. The van der Waals surface area contributed by atoms with Gasteiger partial charge in [0, 0.05) is 5.75 Å². The predicted octanol–water partition coefficient (Wildman–Crippen LogP) is 5.35. The van der Waals surface area contributed by atoms with Crippen LogP contribution in [0.4, 0.5) is 0 Å². The maximum Gasteiger partial charge on any atom is 0.212 e. The minimum Gasteiger partial charge on any atom is -0.282 e. The molecule has 17 heavy (non-hydrogen) atoms. The van der Waals surface area contributed by atoms with Crippen LogP contribution >= 0.6 is 11.8 Å². The van der Waals surface area contributed by atoms with Gasteiger partial charge in [0.15, 0.2) is 0 Å². The third-order valence-corrected chi connectivity index (χ3v) is 3.87. The molecule has 0 amide bonds. The number of allylic oxidation sites excluding steroid dienone is 1. The Kier molecular flexibility index (Phi) is 12.1. The topological polar surface area (TPSA) is 17.1 Å². The molecule has 0 radical (unpaired) electrons. The summed E-state index contributed by atoms with van der Waals surface area (Å²) in [6.07, 6.45) is 11.6. The first-order valence-electron chi connectivity index (χ1n) is 7.10. The van der Waals surface area contributed by atoms with Crippen LogP contribution in [-0.4, -0.2) is 10.9 Å². The molecule has 0 fully saturated rings. The molecule has 0 rings (SSSR count). The van der Waals surface area contributed by atoms with Crippen LogP contribution < -0.4 is 0 Å². The number of carbonyl (C=O) groups excluding carboxylic acids is 1. The van der Waals surface area contributed by atoms with Crippen LogP contribution in [0.5, 0.6) is 0 Å². The Bertz CT molecular complexity index is 215. The van der Waals surface area contributed by atoms with Crippen LogP contribution in [0.1, 0.15) is 72.1 Å². The lowest BCUT2D eigenvalue weighted by Gasteiger charge is -2.01. The van der Waals surface area contributed by atoms with Crippen LogP contribution in [-0.2, 0) is 4.79 Å². The number of thioether (sulfide) groups is 1. The number of rotatable bonds is 10. The number of hydrogen-bond acceptors (Lipinski definition) is 2.